The van der Waals surface area contributed by atoms with E-state index < -0.39 is 7.12 Å². The van der Waals surface area contributed by atoms with Crippen LogP contribution in [0.15, 0.2) is 48.4 Å². The molecule has 1 amide bonds. The van der Waals surface area contributed by atoms with E-state index >= 15 is 0 Å². The second-order valence-electron chi connectivity index (χ2n) is 11.3. The van der Waals surface area contributed by atoms with Crippen molar-refractivity contribution in [1.29, 1.82) is 0 Å². The number of carbonyl (C=O) groups is 1. The molecule has 0 radical (unpaired) electrons. The average Bonchev–Trinajstić information content (AvgIpc) is 3.40. The molecule has 0 unspecified atom stereocenters. The average molecular weight is 476 g/mol. The van der Waals surface area contributed by atoms with Crippen molar-refractivity contribution >= 4 is 19.1 Å². The number of aromatic nitrogens is 2. The lowest BCUT2D eigenvalue weighted by molar-refractivity contribution is -0.199. The van der Waals surface area contributed by atoms with Gasteiger partial charge in [0.25, 0.3) is 5.91 Å². The summed E-state index contributed by atoms with van der Waals surface area (Å²) in [6, 6.07) is 10.4. The molecule has 6 rings (SSSR count). The van der Waals surface area contributed by atoms with E-state index in [1.54, 1.807) is 12.3 Å². The first-order valence-corrected chi connectivity index (χ1v) is 12.8. The normalized spacial score (nSPS) is 29.9. The van der Waals surface area contributed by atoms with Gasteiger partial charge in [-0.15, -0.1) is 0 Å². The van der Waals surface area contributed by atoms with Gasteiger partial charge in [-0.1, -0.05) is 44.2 Å². The Labute approximate surface area is 208 Å². The van der Waals surface area contributed by atoms with E-state index in [4.69, 9.17) is 15.0 Å². The Morgan fingerprint density at radius 2 is 2.09 bits per heavy atom. The maximum Gasteiger partial charge on any atom is 0.481 e. The van der Waals surface area contributed by atoms with Crippen LogP contribution >= 0.6 is 0 Å². The van der Waals surface area contributed by atoms with E-state index in [2.05, 4.69) is 55.3 Å². The Morgan fingerprint density at radius 3 is 2.77 bits per heavy atom. The number of imidazole rings is 1. The topological polar surface area (TPSA) is 91.4 Å². The van der Waals surface area contributed by atoms with Gasteiger partial charge < -0.3 is 24.9 Å². The zero-order valence-corrected chi connectivity index (χ0v) is 21.2. The summed E-state index contributed by atoms with van der Waals surface area (Å²) in [6.07, 6.45) is 9.95. The highest BCUT2D eigenvalue weighted by Gasteiger charge is 2.68. The number of benzene rings is 1. The minimum Gasteiger partial charge on any atom is -0.404 e. The highest BCUT2D eigenvalue weighted by Crippen LogP contribution is 2.65. The molecule has 2 aromatic rings. The van der Waals surface area contributed by atoms with Gasteiger partial charge in [-0.3, -0.25) is 4.79 Å². The van der Waals surface area contributed by atoms with Crippen LogP contribution < -0.4 is 11.1 Å². The number of aryl methyl sites for hydroxylation is 2. The number of carbonyl (C=O) groups excluding carboxylic acids is 1. The van der Waals surface area contributed by atoms with Crippen LogP contribution in [0.25, 0.3) is 6.08 Å². The van der Waals surface area contributed by atoms with Crippen LogP contribution in [0.2, 0.25) is 0 Å². The molecule has 4 fully saturated rings. The molecule has 1 aromatic heterocycles. The van der Waals surface area contributed by atoms with Crippen molar-refractivity contribution in [3.63, 3.8) is 0 Å². The zero-order valence-electron chi connectivity index (χ0n) is 21.2. The van der Waals surface area contributed by atoms with E-state index in [9.17, 15) is 4.79 Å². The molecule has 35 heavy (non-hydrogen) atoms. The largest absolute Gasteiger partial charge is 0.481 e. The van der Waals surface area contributed by atoms with Crippen LogP contribution in [-0.4, -0.2) is 40.2 Å². The monoisotopic (exact) mass is 476 g/mol. The minimum absolute atomic E-state index is 0.0678. The van der Waals surface area contributed by atoms with Crippen LogP contribution in [-0.2, 0) is 27.6 Å². The Balaban J connectivity index is 1.31. The summed E-state index contributed by atoms with van der Waals surface area (Å²) >= 11 is 0. The molecule has 0 spiro atoms. The molecule has 3 saturated carbocycles. The van der Waals surface area contributed by atoms with E-state index in [0.717, 1.165) is 25.7 Å². The van der Waals surface area contributed by atoms with Gasteiger partial charge in [0.05, 0.1) is 17.6 Å². The molecule has 7 nitrogen and oxygen atoms in total. The number of rotatable bonds is 8. The molecule has 5 atom stereocenters. The van der Waals surface area contributed by atoms with Crippen molar-refractivity contribution in [2.24, 2.45) is 30.0 Å². The highest BCUT2D eigenvalue weighted by molar-refractivity contribution is 6.48. The molecule has 3 aliphatic carbocycles. The number of amides is 1. The van der Waals surface area contributed by atoms with Crippen molar-refractivity contribution in [2.75, 3.05) is 0 Å². The van der Waals surface area contributed by atoms with Crippen molar-refractivity contribution < 1.29 is 14.1 Å². The predicted molar refractivity (Wildman–Crippen MR) is 137 cm³/mol. The zero-order chi connectivity index (χ0) is 24.8. The number of hydrogen-bond donors (Lipinski definition) is 2. The maximum atomic E-state index is 13.1. The molecule has 186 valence electrons. The van der Waals surface area contributed by atoms with Crippen LogP contribution in [0, 0.1) is 17.3 Å². The van der Waals surface area contributed by atoms with E-state index in [1.165, 1.54) is 12.0 Å². The molecule has 1 aromatic carbocycles. The Bertz CT molecular complexity index is 1100. The first-order chi connectivity index (χ1) is 16.7. The molecule has 1 saturated heterocycles. The van der Waals surface area contributed by atoms with Gasteiger partial charge in [0.1, 0.15) is 11.5 Å². The molecular formula is C27H37BN4O3. The number of nitrogens with two attached hydrogens (primary N) is 1. The second kappa shape index (κ2) is 9.14. The first-order valence-electron chi connectivity index (χ1n) is 12.8. The summed E-state index contributed by atoms with van der Waals surface area (Å²) in [5.74, 6) is 1.16. The lowest BCUT2D eigenvalue weighted by Gasteiger charge is -2.64. The minimum atomic E-state index is -0.485. The summed E-state index contributed by atoms with van der Waals surface area (Å²) in [6.45, 7) is 6.91. The molecule has 2 heterocycles. The molecule has 3 N–H and O–H groups in total. The highest BCUT2D eigenvalue weighted by atomic mass is 16.7. The molecule has 2 bridgehead atoms. The van der Waals surface area contributed by atoms with Crippen molar-refractivity contribution in [3.8, 4) is 0 Å². The summed E-state index contributed by atoms with van der Waals surface area (Å²) in [7, 11) is 1.38. The number of hydrogen-bond acceptors (Lipinski definition) is 5. The van der Waals surface area contributed by atoms with Crippen molar-refractivity contribution in [2.45, 2.75) is 70.5 Å². The van der Waals surface area contributed by atoms with Crippen LogP contribution in [0.5, 0.6) is 0 Å². The Kier molecular flexibility index (Phi) is 6.30. The SMILES string of the molecule is Cn1ccnc1C=C(N)C(=O)N[C@@H](CCCc1ccccc1)B1O[C@@H]2C[C@@H]3C[C@@H](C3(C)C)[C@]2(C)O1. The van der Waals surface area contributed by atoms with E-state index in [1.807, 2.05) is 23.9 Å². The van der Waals surface area contributed by atoms with Gasteiger partial charge >= 0.3 is 7.12 Å². The standard InChI is InChI=1S/C27H37BN4O3/c1-26(2)19-15-21(26)27(3)22(16-19)34-28(35-27)23(12-8-11-18-9-6-5-7-10-18)31-25(33)20(29)17-24-30-13-14-32(24)4/h5-7,9-10,13-14,17,19,21-23H,8,11-12,15-16,29H2,1-4H3,(H,31,33)/t19-,21-,22+,23-,27-/m0/s1. The third-order valence-electron chi connectivity index (χ3n) is 8.84. The fourth-order valence-electron chi connectivity index (χ4n) is 6.49. The van der Waals surface area contributed by atoms with E-state index in [0.29, 0.717) is 17.7 Å². The second-order valence-corrected chi connectivity index (χ2v) is 11.3. The third-order valence-corrected chi connectivity index (χ3v) is 8.84. The predicted octanol–water partition coefficient (Wildman–Crippen LogP) is 3.49. The van der Waals surface area contributed by atoms with Crippen molar-refractivity contribution in [1.82, 2.24) is 14.9 Å². The molecule has 4 aliphatic rings. The maximum absolute atomic E-state index is 13.1. The van der Waals surface area contributed by atoms with Crippen LogP contribution in [0.4, 0.5) is 0 Å². The quantitative estimate of drug-likeness (QED) is 0.450. The summed E-state index contributed by atoms with van der Waals surface area (Å²) in [4.78, 5) is 17.3. The van der Waals surface area contributed by atoms with Gasteiger partial charge in [0, 0.05) is 25.5 Å². The van der Waals surface area contributed by atoms with Crippen LogP contribution in [0.3, 0.4) is 0 Å². The van der Waals surface area contributed by atoms with Gasteiger partial charge in [0.15, 0.2) is 0 Å². The smallest absolute Gasteiger partial charge is 0.404 e. The van der Waals surface area contributed by atoms with Gasteiger partial charge in [-0.05, 0) is 61.8 Å². The lowest BCUT2D eigenvalue weighted by atomic mass is 9.43. The summed E-state index contributed by atoms with van der Waals surface area (Å²) in [5, 5.41) is 3.13. The van der Waals surface area contributed by atoms with E-state index in [-0.39, 0.29) is 34.7 Å². The first kappa shape index (κ1) is 24.1. The molecular weight excluding hydrogens is 439 g/mol. The van der Waals surface area contributed by atoms with Crippen molar-refractivity contribution in [3.05, 3.63) is 59.8 Å². The Hall–Kier alpha value is -2.58. The van der Waals surface area contributed by atoms with Gasteiger partial charge in [0.2, 0.25) is 0 Å². The fourth-order valence-corrected chi connectivity index (χ4v) is 6.49. The fraction of sp³-hybridized carbons (Fsp3) is 0.556. The Morgan fingerprint density at radius 1 is 1.31 bits per heavy atom. The summed E-state index contributed by atoms with van der Waals surface area (Å²) in [5.41, 5.74) is 7.52. The van der Waals surface area contributed by atoms with Gasteiger partial charge in [-0.25, -0.2) is 4.98 Å². The number of nitrogens with one attached hydrogen (secondary N) is 1. The van der Waals surface area contributed by atoms with Crippen LogP contribution in [0.1, 0.15) is 57.8 Å². The van der Waals surface area contributed by atoms with Gasteiger partial charge in [-0.2, -0.15) is 0 Å². The summed E-state index contributed by atoms with van der Waals surface area (Å²) < 4.78 is 15.0. The third kappa shape index (κ3) is 4.42. The molecule has 8 heteroatoms. The lowest BCUT2D eigenvalue weighted by Crippen LogP contribution is -2.65. The number of nitrogens with zero attached hydrogens (tertiary/aromatic N) is 2. The molecule has 1 aliphatic heterocycles.